The number of nitrogens with one attached hydrogen (secondary N) is 1. The van der Waals surface area contributed by atoms with Crippen LogP contribution in [0.3, 0.4) is 0 Å². The first-order chi connectivity index (χ1) is 9.82. The molecule has 1 aromatic heterocycles. The predicted octanol–water partition coefficient (Wildman–Crippen LogP) is 1.99. The van der Waals surface area contributed by atoms with Crippen molar-refractivity contribution in [1.82, 2.24) is 9.78 Å². The fraction of sp³-hybridized carbons (Fsp3) is 0.357. The normalized spacial score (nSPS) is 11.4. The van der Waals surface area contributed by atoms with E-state index in [9.17, 15) is 8.42 Å². The molecule has 6 nitrogen and oxygen atoms in total. The summed E-state index contributed by atoms with van der Waals surface area (Å²) in [6, 6.07) is 7.42. The first kappa shape index (κ1) is 15.4. The van der Waals surface area contributed by atoms with Crippen LogP contribution in [-0.2, 0) is 22.8 Å². The molecule has 2 rings (SSSR count). The van der Waals surface area contributed by atoms with Gasteiger partial charge in [0.05, 0.1) is 18.6 Å². The number of ether oxygens (including phenoxy) is 1. The number of aromatic nitrogens is 2. The van der Waals surface area contributed by atoms with Crippen molar-refractivity contribution in [2.24, 2.45) is 7.05 Å². The highest BCUT2D eigenvalue weighted by atomic mass is 32.2. The lowest BCUT2D eigenvalue weighted by molar-refractivity contribution is 0.375. The van der Waals surface area contributed by atoms with Gasteiger partial charge in [0, 0.05) is 7.05 Å². The van der Waals surface area contributed by atoms with Gasteiger partial charge in [-0.1, -0.05) is 29.8 Å². The molecule has 0 fully saturated rings. The van der Waals surface area contributed by atoms with Crippen LogP contribution in [0.4, 0.5) is 5.69 Å². The molecule has 0 aliphatic carbocycles. The second kappa shape index (κ2) is 5.77. The third-order valence-electron chi connectivity index (χ3n) is 3.06. The highest BCUT2D eigenvalue weighted by Gasteiger charge is 2.20. The highest BCUT2D eigenvalue weighted by molar-refractivity contribution is 7.91. The minimum Gasteiger partial charge on any atom is -0.480 e. The van der Waals surface area contributed by atoms with Gasteiger partial charge < -0.3 is 4.74 Å². The molecule has 0 unspecified atom stereocenters. The number of methoxy groups -OCH3 is 1. The first-order valence-corrected chi connectivity index (χ1v) is 8.11. The van der Waals surface area contributed by atoms with Gasteiger partial charge in [0.1, 0.15) is 5.69 Å². The Labute approximate surface area is 124 Å². The number of aryl methyl sites for hydroxylation is 3. The summed E-state index contributed by atoms with van der Waals surface area (Å²) in [6.45, 7) is 3.66. The number of anilines is 1. The number of hydrogen-bond acceptors (Lipinski definition) is 4. The molecule has 0 aliphatic rings. The molecule has 0 saturated carbocycles. The number of rotatable bonds is 5. The summed E-state index contributed by atoms with van der Waals surface area (Å²) in [5.74, 6) is 0.298. The van der Waals surface area contributed by atoms with Crippen LogP contribution in [0.15, 0.2) is 24.3 Å². The molecular weight excluding hydrogens is 290 g/mol. The van der Waals surface area contributed by atoms with E-state index in [1.165, 1.54) is 11.8 Å². The van der Waals surface area contributed by atoms with Crippen molar-refractivity contribution in [3.8, 4) is 5.88 Å². The van der Waals surface area contributed by atoms with Crippen LogP contribution in [0.1, 0.15) is 16.8 Å². The van der Waals surface area contributed by atoms with Crippen LogP contribution in [0.5, 0.6) is 5.88 Å². The molecule has 0 radical (unpaired) electrons. The van der Waals surface area contributed by atoms with Crippen LogP contribution in [0.25, 0.3) is 0 Å². The van der Waals surface area contributed by atoms with Gasteiger partial charge in [0.25, 0.3) is 0 Å². The van der Waals surface area contributed by atoms with E-state index < -0.39 is 10.0 Å². The van der Waals surface area contributed by atoms with Gasteiger partial charge in [-0.15, -0.1) is 0 Å². The van der Waals surface area contributed by atoms with Crippen LogP contribution in [0.2, 0.25) is 0 Å². The van der Waals surface area contributed by atoms with E-state index in [0.29, 0.717) is 17.3 Å². The maximum absolute atomic E-state index is 12.3. The molecule has 1 N–H and O–H groups in total. The Morgan fingerprint density at radius 1 is 1.33 bits per heavy atom. The fourth-order valence-electron chi connectivity index (χ4n) is 2.20. The fourth-order valence-corrected chi connectivity index (χ4v) is 3.44. The summed E-state index contributed by atoms with van der Waals surface area (Å²) in [5.41, 5.74) is 2.72. The van der Waals surface area contributed by atoms with Crippen molar-refractivity contribution >= 4 is 15.7 Å². The van der Waals surface area contributed by atoms with Crippen molar-refractivity contribution in [2.45, 2.75) is 19.6 Å². The van der Waals surface area contributed by atoms with Crippen molar-refractivity contribution in [1.29, 1.82) is 0 Å². The lowest BCUT2D eigenvalue weighted by Crippen LogP contribution is -2.16. The summed E-state index contributed by atoms with van der Waals surface area (Å²) >= 11 is 0. The van der Waals surface area contributed by atoms with Crippen LogP contribution >= 0.6 is 0 Å². The van der Waals surface area contributed by atoms with E-state index in [1.807, 2.05) is 25.1 Å². The molecule has 0 spiro atoms. The van der Waals surface area contributed by atoms with Gasteiger partial charge in [0.15, 0.2) is 0 Å². The monoisotopic (exact) mass is 309 g/mol. The molecule has 1 aromatic carbocycles. The molecule has 0 atom stereocenters. The Hall–Kier alpha value is -2.02. The largest absolute Gasteiger partial charge is 0.480 e. The van der Waals surface area contributed by atoms with Gasteiger partial charge in [0.2, 0.25) is 15.9 Å². The zero-order valence-corrected chi connectivity index (χ0v) is 13.4. The summed E-state index contributed by atoms with van der Waals surface area (Å²) in [4.78, 5) is 0. The minimum atomic E-state index is -3.53. The Morgan fingerprint density at radius 2 is 2.05 bits per heavy atom. The molecule has 21 heavy (non-hydrogen) atoms. The van der Waals surface area contributed by atoms with Crippen LogP contribution in [0, 0.1) is 13.8 Å². The molecule has 0 bridgehead atoms. The van der Waals surface area contributed by atoms with Crippen molar-refractivity contribution in [3.05, 3.63) is 41.1 Å². The summed E-state index contributed by atoms with van der Waals surface area (Å²) in [7, 11) is -0.350. The van der Waals surface area contributed by atoms with Crippen molar-refractivity contribution in [3.63, 3.8) is 0 Å². The van der Waals surface area contributed by atoms with Crippen molar-refractivity contribution < 1.29 is 13.2 Å². The maximum Gasteiger partial charge on any atom is 0.237 e. The lowest BCUT2D eigenvalue weighted by atomic mass is 10.2. The van der Waals surface area contributed by atoms with E-state index in [0.717, 1.165) is 11.1 Å². The molecule has 114 valence electrons. The predicted molar refractivity (Wildman–Crippen MR) is 81.9 cm³/mol. The molecule has 2 aromatic rings. The average molecular weight is 309 g/mol. The van der Waals surface area contributed by atoms with Crippen molar-refractivity contribution in [2.75, 3.05) is 11.8 Å². The third-order valence-corrected chi connectivity index (χ3v) is 4.29. The van der Waals surface area contributed by atoms with E-state index in [4.69, 9.17) is 4.74 Å². The zero-order chi connectivity index (χ0) is 15.6. The second-order valence-electron chi connectivity index (χ2n) is 4.94. The number of sulfonamides is 1. The first-order valence-electron chi connectivity index (χ1n) is 6.46. The zero-order valence-electron chi connectivity index (χ0n) is 12.5. The molecule has 7 heteroatoms. The van der Waals surface area contributed by atoms with E-state index in [1.54, 1.807) is 20.0 Å². The van der Waals surface area contributed by atoms with Gasteiger partial charge in [-0.05, 0) is 19.4 Å². The Morgan fingerprint density at radius 3 is 2.67 bits per heavy atom. The molecule has 0 amide bonds. The van der Waals surface area contributed by atoms with Gasteiger partial charge in [-0.25, -0.2) is 13.1 Å². The number of benzene rings is 1. The number of nitrogens with zero attached hydrogens (tertiary/aromatic N) is 2. The molecular formula is C14H19N3O3S. The smallest absolute Gasteiger partial charge is 0.237 e. The van der Waals surface area contributed by atoms with Crippen LogP contribution < -0.4 is 9.46 Å². The Bertz CT molecular complexity index is 751. The van der Waals surface area contributed by atoms with E-state index in [-0.39, 0.29) is 5.75 Å². The van der Waals surface area contributed by atoms with E-state index in [2.05, 4.69) is 9.82 Å². The Kier molecular flexibility index (Phi) is 4.22. The minimum absolute atomic E-state index is 0.0911. The molecule has 0 aliphatic heterocycles. The molecule has 0 saturated heterocycles. The van der Waals surface area contributed by atoms with Gasteiger partial charge in [-0.3, -0.25) is 4.72 Å². The molecule has 1 heterocycles. The second-order valence-corrected chi connectivity index (χ2v) is 6.67. The summed E-state index contributed by atoms with van der Waals surface area (Å²) in [5, 5.41) is 4.15. The number of hydrogen-bond donors (Lipinski definition) is 1. The standard InChI is InChI=1S/C14H19N3O3S/c1-10-6-5-7-12(8-10)9-21(18,19)16-13-11(2)15-17(3)14(13)20-4/h5-8,16H,9H2,1-4H3. The highest BCUT2D eigenvalue weighted by Crippen LogP contribution is 2.28. The van der Waals surface area contributed by atoms with Gasteiger partial charge in [-0.2, -0.15) is 5.10 Å². The third kappa shape index (κ3) is 3.55. The lowest BCUT2D eigenvalue weighted by Gasteiger charge is -2.09. The Balaban J connectivity index is 2.26. The van der Waals surface area contributed by atoms with Crippen LogP contribution in [-0.4, -0.2) is 25.3 Å². The topological polar surface area (TPSA) is 73.2 Å². The van der Waals surface area contributed by atoms with Gasteiger partial charge >= 0.3 is 0 Å². The summed E-state index contributed by atoms with van der Waals surface area (Å²) < 4.78 is 33.9. The maximum atomic E-state index is 12.3. The quantitative estimate of drug-likeness (QED) is 0.916. The average Bonchev–Trinajstić information content (AvgIpc) is 2.62. The van der Waals surface area contributed by atoms with E-state index >= 15 is 0 Å². The summed E-state index contributed by atoms with van der Waals surface area (Å²) in [6.07, 6.45) is 0. The SMILES string of the molecule is COc1c(NS(=O)(=O)Cc2cccc(C)c2)c(C)nn1C.